The summed E-state index contributed by atoms with van der Waals surface area (Å²) < 4.78 is 11.0. The Hall–Kier alpha value is -1.50. The zero-order chi connectivity index (χ0) is 15.2. The fraction of sp³-hybridized carbons (Fsp3) is 0.625. The number of hydrogen-bond donors (Lipinski definition) is 1. The van der Waals surface area contributed by atoms with Crippen molar-refractivity contribution in [2.75, 3.05) is 46.1 Å². The predicted molar refractivity (Wildman–Crippen MR) is 81.7 cm³/mol. The molecule has 2 aliphatic rings. The van der Waals surface area contributed by atoms with Crippen LogP contribution >= 0.6 is 0 Å². The molecule has 0 bridgehead atoms. The van der Waals surface area contributed by atoms with Gasteiger partial charge in [0.2, 0.25) is 0 Å². The molecule has 1 aromatic rings. The minimum absolute atomic E-state index is 0.0421. The van der Waals surface area contributed by atoms with E-state index in [0.29, 0.717) is 24.1 Å². The lowest BCUT2D eigenvalue weighted by molar-refractivity contribution is 0.00166. The highest BCUT2D eigenvalue weighted by atomic mass is 16.5. The molecule has 2 saturated heterocycles. The first-order valence-electron chi connectivity index (χ1n) is 7.92. The monoisotopic (exact) mass is 305 g/mol. The minimum atomic E-state index is -0.0421. The quantitative estimate of drug-likeness (QED) is 0.861. The van der Waals surface area contributed by atoms with Gasteiger partial charge in [-0.25, -0.2) is 0 Å². The lowest BCUT2D eigenvalue weighted by Gasteiger charge is -2.37. The van der Waals surface area contributed by atoms with E-state index in [1.165, 1.54) is 0 Å². The number of ether oxygens (including phenoxy) is 2. The van der Waals surface area contributed by atoms with E-state index >= 15 is 0 Å². The molecule has 0 radical (unpaired) electrons. The van der Waals surface area contributed by atoms with Gasteiger partial charge in [0.1, 0.15) is 0 Å². The Labute approximate surface area is 130 Å². The van der Waals surface area contributed by atoms with Crippen LogP contribution in [0.25, 0.3) is 0 Å². The second-order valence-electron chi connectivity index (χ2n) is 5.79. The van der Waals surface area contributed by atoms with E-state index in [9.17, 15) is 4.79 Å². The first-order chi connectivity index (χ1) is 10.8. The van der Waals surface area contributed by atoms with E-state index < -0.39 is 0 Å². The Morgan fingerprint density at radius 2 is 2.05 bits per heavy atom. The smallest absolute Gasteiger partial charge is 0.251 e. The van der Waals surface area contributed by atoms with E-state index in [2.05, 4.69) is 15.2 Å². The number of nitrogens with one attached hydrogen (secondary N) is 1. The first-order valence-corrected chi connectivity index (χ1v) is 7.92. The standard InChI is InChI=1S/C16H23N3O3/c20-16(13-1-4-17-5-2-13)18-11-15(14-3-8-22-12-14)19-6-9-21-10-7-19/h1-2,4-5,14-15H,3,6-12H2,(H,18,20)/t14-,15-/m1/s1. The molecule has 2 fully saturated rings. The number of carbonyl (C=O) groups is 1. The van der Waals surface area contributed by atoms with Crippen LogP contribution in [0.3, 0.4) is 0 Å². The number of nitrogens with zero attached hydrogens (tertiary/aromatic N) is 2. The molecular formula is C16H23N3O3. The Bertz CT molecular complexity index is 471. The molecule has 2 atom stereocenters. The van der Waals surface area contributed by atoms with Crippen LogP contribution in [0.1, 0.15) is 16.8 Å². The van der Waals surface area contributed by atoms with Gasteiger partial charge in [0.15, 0.2) is 0 Å². The molecular weight excluding hydrogens is 282 g/mol. The van der Waals surface area contributed by atoms with Gasteiger partial charge >= 0.3 is 0 Å². The van der Waals surface area contributed by atoms with E-state index in [1.54, 1.807) is 24.5 Å². The van der Waals surface area contributed by atoms with Crippen molar-refractivity contribution in [2.45, 2.75) is 12.5 Å². The van der Waals surface area contributed by atoms with Crippen molar-refractivity contribution in [3.05, 3.63) is 30.1 Å². The maximum atomic E-state index is 12.2. The van der Waals surface area contributed by atoms with Crippen LogP contribution < -0.4 is 5.32 Å². The van der Waals surface area contributed by atoms with Crippen molar-refractivity contribution < 1.29 is 14.3 Å². The van der Waals surface area contributed by atoms with Crippen LogP contribution in [0.15, 0.2) is 24.5 Å². The first kappa shape index (κ1) is 15.4. The van der Waals surface area contributed by atoms with Gasteiger partial charge in [-0.1, -0.05) is 0 Å². The van der Waals surface area contributed by atoms with E-state index in [4.69, 9.17) is 9.47 Å². The highest BCUT2D eigenvalue weighted by molar-refractivity contribution is 5.93. The van der Waals surface area contributed by atoms with Gasteiger partial charge in [-0.3, -0.25) is 14.7 Å². The van der Waals surface area contributed by atoms with Crippen LogP contribution in [-0.4, -0.2) is 67.9 Å². The Balaban J connectivity index is 1.60. The third-order valence-electron chi connectivity index (χ3n) is 4.44. The van der Waals surface area contributed by atoms with Gasteiger partial charge in [-0.05, 0) is 18.6 Å². The summed E-state index contributed by atoms with van der Waals surface area (Å²) in [6.07, 6.45) is 4.34. The fourth-order valence-electron chi connectivity index (χ4n) is 3.16. The Morgan fingerprint density at radius 3 is 2.73 bits per heavy atom. The van der Waals surface area contributed by atoms with Gasteiger partial charge < -0.3 is 14.8 Å². The van der Waals surface area contributed by atoms with Gasteiger partial charge in [0, 0.05) is 56.2 Å². The average molecular weight is 305 g/mol. The van der Waals surface area contributed by atoms with E-state index in [1.807, 2.05) is 0 Å². The maximum absolute atomic E-state index is 12.2. The molecule has 6 heteroatoms. The Morgan fingerprint density at radius 1 is 1.27 bits per heavy atom. The molecule has 120 valence electrons. The molecule has 3 rings (SSSR count). The molecule has 0 aromatic carbocycles. The average Bonchev–Trinajstić information content (AvgIpc) is 3.11. The summed E-state index contributed by atoms with van der Waals surface area (Å²) in [7, 11) is 0. The molecule has 0 aliphatic carbocycles. The van der Waals surface area contributed by atoms with Gasteiger partial charge in [-0.15, -0.1) is 0 Å². The van der Waals surface area contributed by atoms with E-state index in [0.717, 1.165) is 45.9 Å². The zero-order valence-electron chi connectivity index (χ0n) is 12.7. The Kier molecular flexibility index (Phi) is 5.37. The van der Waals surface area contributed by atoms with Crippen LogP contribution in [0, 0.1) is 5.92 Å². The summed E-state index contributed by atoms with van der Waals surface area (Å²) >= 11 is 0. The summed E-state index contributed by atoms with van der Waals surface area (Å²) in [5, 5.41) is 3.07. The van der Waals surface area contributed by atoms with Gasteiger partial charge in [0.05, 0.1) is 19.8 Å². The number of pyridine rings is 1. The van der Waals surface area contributed by atoms with Crippen molar-refractivity contribution in [1.29, 1.82) is 0 Å². The van der Waals surface area contributed by atoms with Crippen molar-refractivity contribution >= 4 is 5.91 Å². The molecule has 0 saturated carbocycles. The van der Waals surface area contributed by atoms with Gasteiger partial charge in [-0.2, -0.15) is 0 Å². The SMILES string of the molecule is O=C(NC[C@H]([C@@H]1CCOC1)N1CCOCC1)c1ccncc1. The topological polar surface area (TPSA) is 63.7 Å². The molecule has 3 heterocycles. The predicted octanol–water partition coefficient (Wildman–Crippen LogP) is 0.549. The maximum Gasteiger partial charge on any atom is 0.251 e. The number of hydrogen-bond acceptors (Lipinski definition) is 5. The van der Waals surface area contributed by atoms with Crippen LogP contribution in [0.5, 0.6) is 0 Å². The second kappa shape index (κ2) is 7.67. The van der Waals surface area contributed by atoms with E-state index in [-0.39, 0.29) is 5.91 Å². The number of morpholine rings is 1. The number of carbonyl (C=O) groups excluding carboxylic acids is 1. The summed E-state index contributed by atoms with van der Waals surface area (Å²) in [5.41, 5.74) is 0.651. The summed E-state index contributed by atoms with van der Waals surface area (Å²) in [4.78, 5) is 18.6. The molecule has 1 amide bonds. The number of rotatable bonds is 5. The molecule has 1 aromatic heterocycles. The lowest BCUT2D eigenvalue weighted by Crippen LogP contribution is -2.52. The molecule has 0 spiro atoms. The van der Waals surface area contributed by atoms with Crippen LogP contribution in [-0.2, 0) is 9.47 Å². The van der Waals surface area contributed by atoms with Crippen LogP contribution in [0.4, 0.5) is 0 Å². The second-order valence-corrected chi connectivity index (χ2v) is 5.79. The number of aromatic nitrogens is 1. The van der Waals surface area contributed by atoms with Crippen molar-refractivity contribution in [2.24, 2.45) is 5.92 Å². The zero-order valence-corrected chi connectivity index (χ0v) is 12.7. The lowest BCUT2D eigenvalue weighted by atomic mass is 9.96. The molecule has 1 N–H and O–H groups in total. The summed E-state index contributed by atoms with van der Waals surface area (Å²) in [6.45, 7) is 5.63. The molecule has 22 heavy (non-hydrogen) atoms. The molecule has 2 aliphatic heterocycles. The summed E-state index contributed by atoms with van der Waals surface area (Å²) in [5.74, 6) is 0.440. The van der Waals surface area contributed by atoms with Crippen molar-refractivity contribution in [3.8, 4) is 0 Å². The normalized spacial score (nSPS) is 24.1. The van der Waals surface area contributed by atoms with Crippen molar-refractivity contribution in [1.82, 2.24) is 15.2 Å². The van der Waals surface area contributed by atoms with Gasteiger partial charge in [0.25, 0.3) is 5.91 Å². The minimum Gasteiger partial charge on any atom is -0.381 e. The van der Waals surface area contributed by atoms with Crippen LogP contribution in [0.2, 0.25) is 0 Å². The summed E-state index contributed by atoms with van der Waals surface area (Å²) in [6, 6.07) is 3.78. The largest absolute Gasteiger partial charge is 0.381 e. The molecule has 0 unspecified atom stereocenters. The fourth-order valence-corrected chi connectivity index (χ4v) is 3.16. The number of amides is 1. The third-order valence-corrected chi connectivity index (χ3v) is 4.44. The molecule has 6 nitrogen and oxygen atoms in total. The third kappa shape index (κ3) is 3.82. The van der Waals surface area contributed by atoms with Crippen molar-refractivity contribution in [3.63, 3.8) is 0 Å². The highest BCUT2D eigenvalue weighted by Crippen LogP contribution is 2.21. The highest BCUT2D eigenvalue weighted by Gasteiger charge is 2.31.